The summed E-state index contributed by atoms with van der Waals surface area (Å²) in [5, 5.41) is -0.377. The van der Waals surface area contributed by atoms with Gasteiger partial charge < -0.3 is 0 Å². The molecule has 0 saturated heterocycles. The molecule has 4 heteroatoms. The van der Waals surface area contributed by atoms with E-state index in [-0.39, 0.29) is 11.0 Å². The fraction of sp³-hybridized carbons (Fsp3) is 0.188. The van der Waals surface area contributed by atoms with Crippen molar-refractivity contribution in [2.45, 2.75) is 23.5 Å². The molecule has 0 saturated carbocycles. The molecule has 0 heterocycles. The monoisotopic (exact) mass is 292 g/mol. The molecule has 2 aromatic rings. The number of halogens is 2. The zero-order valence-corrected chi connectivity index (χ0v) is 11.8. The highest BCUT2D eigenvalue weighted by atomic mass is 32.2. The van der Waals surface area contributed by atoms with Crippen molar-refractivity contribution in [1.82, 2.24) is 0 Å². The van der Waals surface area contributed by atoms with Crippen molar-refractivity contribution >= 4 is 17.5 Å². The van der Waals surface area contributed by atoms with Crippen LogP contribution in [0.1, 0.15) is 23.7 Å². The minimum Gasteiger partial charge on any atom is -0.293 e. The van der Waals surface area contributed by atoms with E-state index < -0.39 is 11.6 Å². The van der Waals surface area contributed by atoms with Crippen molar-refractivity contribution in [2.24, 2.45) is 0 Å². The van der Waals surface area contributed by atoms with Gasteiger partial charge in [-0.2, -0.15) is 0 Å². The first-order chi connectivity index (χ1) is 9.61. The van der Waals surface area contributed by atoms with E-state index in [0.717, 1.165) is 17.8 Å². The highest BCUT2D eigenvalue weighted by Crippen LogP contribution is 2.30. The van der Waals surface area contributed by atoms with E-state index in [1.807, 2.05) is 13.0 Å². The summed E-state index contributed by atoms with van der Waals surface area (Å²) in [5.41, 5.74) is 0.606. The second-order valence-corrected chi connectivity index (χ2v) is 5.56. The number of hydrogen-bond acceptors (Lipinski definition) is 2. The maximum absolute atomic E-state index is 13.6. The average molecular weight is 292 g/mol. The van der Waals surface area contributed by atoms with E-state index in [4.69, 9.17) is 0 Å². The second-order valence-electron chi connectivity index (χ2n) is 4.32. The zero-order valence-electron chi connectivity index (χ0n) is 11.0. The van der Waals surface area contributed by atoms with Gasteiger partial charge in [-0.05, 0) is 18.6 Å². The second kappa shape index (κ2) is 6.66. The molecule has 0 aliphatic carbocycles. The Morgan fingerprint density at radius 1 is 1.15 bits per heavy atom. The Bertz CT molecular complexity index is 599. The predicted octanol–water partition coefficient (Wildman–Crippen LogP) is 4.72. The van der Waals surface area contributed by atoms with Crippen molar-refractivity contribution in [3.8, 4) is 0 Å². The van der Waals surface area contributed by atoms with E-state index >= 15 is 0 Å². The van der Waals surface area contributed by atoms with Crippen molar-refractivity contribution in [3.63, 3.8) is 0 Å². The first-order valence-corrected chi connectivity index (χ1v) is 7.20. The molecular weight excluding hydrogens is 278 g/mol. The van der Waals surface area contributed by atoms with Crippen LogP contribution in [0.2, 0.25) is 0 Å². The number of carbonyl (C=O) groups is 1. The third kappa shape index (κ3) is 3.45. The largest absolute Gasteiger partial charge is 0.293 e. The van der Waals surface area contributed by atoms with Gasteiger partial charge in [-0.1, -0.05) is 37.3 Å². The fourth-order valence-electron chi connectivity index (χ4n) is 1.83. The molecule has 0 amide bonds. The van der Waals surface area contributed by atoms with Crippen molar-refractivity contribution in [2.75, 3.05) is 0 Å². The standard InChI is InChI=1S/C16H14F2OS/c1-2-14(16(19)11-6-4-3-5-7-11)20-15-9-8-12(17)10-13(15)18/h3-10,14H,2H2,1H3. The molecule has 0 bridgehead atoms. The Morgan fingerprint density at radius 2 is 1.85 bits per heavy atom. The molecule has 20 heavy (non-hydrogen) atoms. The van der Waals surface area contributed by atoms with E-state index in [9.17, 15) is 13.6 Å². The third-order valence-electron chi connectivity index (χ3n) is 2.88. The lowest BCUT2D eigenvalue weighted by molar-refractivity contribution is 0.0988. The number of hydrogen-bond donors (Lipinski definition) is 0. The molecule has 2 aromatic carbocycles. The van der Waals surface area contributed by atoms with Crippen molar-refractivity contribution in [3.05, 3.63) is 65.7 Å². The lowest BCUT2D eigenvalue weighted by Gasteiger charge is -2.14. The Balaban J connectivity index is 2.19. The molecule has 1 unspecified atom stereocenters. The van der Waals surface area contributed by atoms with E-state index in [1.54, 1.807) is 24.3 Å². The molecule has 0 aliphatic rings. The number of benzene rings is 2. The summed E-state index contributed by atoms with van der Waals surface area (Å²) in [4.78, 5) is 12.6. The summed E-state index contributed by atoms with van der Waals surface area (Å²) in [6.07, 6.45) is 0.579. The van der Waals surface area contributed by atoms with Gasteiger partial charge >= 0.3 is 0 Å². The van der Waals surface area contributed by atoms with Gasteiger partial charge in [-0.25, -0.2) is 8.78 Å². The van der Waals surface area contributed by atoms with Crippen LogP contribution >= 0.6 is 11.8 Å². The minimum absolute atomic E-state index is 0.0400. The summed E-state index contributed by atoms with van der Waals surface area (Å²) >= 11 is 1.14. The van der Waals surface area contributed by atoms with Gasteiger partial charge in [0, 0.05) is 16.5 Å². The van der Waals surface area contributed by atoms with Crippen LogP contribution in [0.3, 0.4) is 0 Å². The Morgan fingerprint density at radius 3 is 2.45 bits per heavy atom. The molecule has 0 aromatic heterocycles. The highest BCUT2D eigenvalue weighted by molar-refractivity contribution is 8.00. The molecule has 1 atom stereocenters. The summed E-state index contributed by atoms with van der Waals surface area (Å²) in [6.45, 7) is 1.87. The normalized spacial score (nSPS) is 12.2. The van der Waals surface area contributed by atoms with Gasteiger partial charge in [0.05, 0.1) is 5.25 Å². The van der Waals surface area contributed by atoms with E-state index in [1.165, 1.54) is 12.1 Å². The molecule has 104 valence electrons. The lowest BCUT2D eigenvalue weighted by Crippen LogP contribution is -2.16. The molecule has 0 aliphatic heterocycles. The molecule has 2 rings (SSSR count). The first-order valence-electron chi connectivity index (χ1n) is 6.32. The van der Waals surface area contributed by atoms with Crippen LogP contribution in [0.5, 0.6) is 0 Å². The van der Waals surface area contributed by atoms with Gasteiger partial charge in [0.1, 0.15) is 11.6 Å². The fourth-order valence-corrected chi connectivity index (χ4v) is 2.87. The molecule has 0 N–H and O–H groups in total. The lowest BCUT2D eigenvalue weighted by atomic mass is 10.1. The SMILES string of the molecule is CCC(Sc1ccc(F)cc1F)C(=O)c1ccccc1. The van der Waals surface area contributed by atoms with Gasteiger partial charge in [0.15, 0.2) is 5.78 Å². The highest BCUT2D eigenvalue weighted by Gasteiger charge is 2.20. The average Bonchev–Trinajstić information content (AvgIpc) is 2.47. The topological polar surface area (TPSA) is 17.1 Å². The Labute approximate surface area is 121 Å². The maximum Gasteiger partial charge on any atom is 0.176 e. The Hall–Kier alpha value is -1.68. The number of ketones is 1. The third-order valence-corrected chi connectivity index (χ3v) is 4.30. The molecule has 0 radical (unpaired) electrons. The summed E-state index contributed by atoms with van der Waals surface area (Å²) in [5.74, 6) is -1.29. The van der Waals surface area contributed by atoms with Crippen LogP contribution in [-0.2, 0) is 0 Å². The van der Waals surface area contributed by atoms with Gasteiger partial charge in [0.2, 0.25) is 0 Å². The van der Waals surface area contributed by atoms with E-state index in [0.29, 0.717) is 16.9 Å². The quantitative estimate of drug-likeness (QED) is 0.586. The molecule has 1 nitrogen and oxygen atoms in total. The molecule has 0 fully saturated rings. The number of thioether (sulfide) groups is 1. The van der Waals surface area contributed by atoms with Gasteiger partial charge in [0.25, 0.3) is 0 Å². The molecular formula is C16H14F2OS. The molecule has 0 spiro atoms. The van der Waals surface area contributed by atoms with Gasteiger partial charge in [-0.15, -0.1) is 11.8 Å². The minimum atomic E-state index is -0.630. The van der Waals surface area contributed by atoms with Gasteiger partial charge in [-0.3, -0.25) is 4.79 Å². The van der Waals surface area contributed by atoms with Crippen LogP contribution in [-0.4, -0.2) is 11.0 Å². The summed E-state index contributed by atoms with van der Waals surface area (Å²) < 4.78 is 26.5. The van der Waals surface area contributed by atoms with Crippen LogP contribution in [0.25, 0.3) is 0 Å². The maximum atomic E-state index is 13.6. The summed E-state index contributed by atoms with van der Waals surface area (Å²) in [6, 6.07) is 12.3. The van der Waals surface area contributed by atoms with Crippen LogP contribution in [0.15, 0.2) is 53.4 Å². The summed E-state index contributed by atoms with van der Waals surface area (Å²) in [7, 11) is 0. The van der Waals surface area contributed by atoms with Crippen LogP contribution in [0.4, 0.5) is 8.78 Å². The number of Topliss-reactive ketones (excluding diaryl/α,β-unsaturated/α-hetero) is 1. The van der Waals surface area contributed by atoms with E-state index in [2.05, 4.69) is 0 Å². The van der Waals surface area contributed by atoms with Crippen LogP contribution < -0.4 is 0 Å². The number of rotatable bonds is 5. The van der Waals surface area contributed by atoms with Crippen molar-refractivity contribution < 1.29 is 13.6 Å². The number of carbonyl (C=O) groups excluding carboxylic acids is 1. The Kier molecular flexibility index (Phi) is 4.90. The van der Waals surface area contributed by atoms with Crippen LogP contribution in [0, 0.1) is 11.6 Å². The zero-order chi connectivity index (χ0) is 14.5. The predicted molar refractivity (Wildman–Crippen MR) is 77.1 cm³/mol. The first kappa shape index (κ1) is 14.7. The smallest absolute Gasteiger partial charge is 0.176 e. The van der Waals surface area contributed by atoms with Crippen molar-refractivity contribution in [1.29, 1.82) is 0 Å².